The average molecular weight is 733 g/mol. The van der Waals surface area contributed by atoms with E-state index in [0.29, 0.717) is 39.5 Å². The molecule has 0 heterocycles. The van der Waals surface area contributed by atoms with Crippen molar-refractivity contribution in [1.29, 1.82) is 0 Å². The van der Waals surface area contributed by atoms with E-state index in [1.807, 2.05) is 70.8 Å². The van der Waals surface area contributed by atoms with Crippen LogP contribution in [0.2, 0.25) is 18.1 Å². The highest BCUT2D eigenvalue weighted by molar-refractivity contribution is 14.1. The maximum absolute atomic E-state index is 6.84. The summed E-state index contributed by atoms with van der Waals surface area (Å²) in [6, 6.07) is 26.1. The summed E-state index contributed by atoms with van der Waals surface area (Å²) in [5, 5.41) is 0.108. The second-order valence-electron chi connectivity index (χ2n) is 12.4. The molecule has 2 atom stereocenters. The molecule has 0 bridgehead atoms. The molecule has 3 rings (SSSR count). The third kappa shape index (κ3) is 11.0. The second-order valence-corrected chi connectivity index (χ2v) is 17.9. The lowest BCUT2D eigenvalue weighted by Gasteiger charge is -2.40. The highest BCUT2D eigenvalue weighted by Gasteiger charge is 2.41. The van der Waals surface area contributed by atoms with Gasteiger partial charge in [0.1, 0.15) is 17.1 Å². The van der Waals surface area contributed by atoms with Crippen molar-refractivity contribution in [3.05, 3.63) is 106 Å². The predicted octanol–water partition coefficient (Wildman–Crippen LogP) is 9.12. The molecule has 0 saturated heterocycles. The van der Waals surface area contributed by atoms with Crippen LogP contribution in [-0.2, 0) is 38.5 Å². The van der Waals surface area contributed by atoms with Gasteiger partial charge in [-0.05, 0) is 75.7 Å². The van der Waals surface area contributed by atoms with Gasteiger partial charge in [-0.3, -0.25) is 0 Å². The first-order valence-electron chi connectivity index (χ1n) is 15.1. The van der Waals surface area contributed by atoms with Crippen LogP contribution in [0.1, 0.15) is 43.9 Å². The van der Waals surface area contributed by atoms with E-state index >= 15 is 0 Å². The Morgan fingerprint density at radius 3 is 1.82 bits per heavy atom. The van der Waals surface area contributed by atoms with Gasteiger partial charge in [0.25, 0.3) is 0 Å². The number of hydrogen-bond donors (Lipinski definition) is 0. The highest BCUT2D eigenvalue weighted by atomic mass is 127. The molecule has 44 heavy (non-hydrogen) atoms. The van der Waals surface area contributed by atoms with Gasteiger partial charge in [-0.25, -0.2) is 0 Å². The molecule has 0 aliphatic heterocycles. The SMILES string of the molecule is COc1ccc(COC[C@](/C=C\I)(OCc2ccccc2)[C@@H](CCO[Si](C)(C)C(C)(C)C)OCc2ccc(OC)cc2)cc1. The van der Waals surface area contributed by atoms with Crippen LogP contribution in [-0.4, -0.2) is 47.5 Å². The first kappa shape index (κ1) is 36.3. The van der Waals surface area contributed by atoms with E-state index in [1.54, 1.807) is 14.2 Å². The van der Waals surface area contributed by atoms with E-state index in [1.165, 1.54) is 0 Å². The smallest absolute Gasteiger partial charge is 0.191 e. The van der Waals surface area contributed by atoms with Crippen LogP contribution in [0.5, 0.6) is 11.5 Å². The van der Waals surface area contributed by atoms with Gasteiger partial charge < -0.3 is 28.1 Å². The molecule has 0 N–H and O–H groups in total. The van der Waals surface area contributed by atoms with Gasteiger partial charge in [0, 0.05) is 6.61 Å². The summed E-state index contributed by atoms with van der Waals surface area (Å²) in [7, 11) is 1.37. The maximum Gasteiger partial charge on any atom is 0.191 e. The monoisotopic (exact) mass is 732 g/mol. The van der Waals surface area contributed by atoms with Gasteiger partial charge in [0.2, 0.25) is 0 Å². The zero-order chi connectivity index (χ0) is 32.1. The lowest BCUT2D eigenvalue weighted by Crippen LogP contribution is -2.50. The van der Waals surface area contributed by atoms with Gasteiger partial charge in [-0.1, -0.05) is 98.0 Å². The van der Waals surface area contributed by atoms with Crippen LogP contribution in [0.25, 0.3) is 0 Å². The third-order valence-corrected chi connectivity index (χ3v) is 13.2. The van der Waals surface area contributed by atoms with Crippen molar-refractivity contribution in [1.82, 2.24) is 0 Å². The fourth-order valence-electron chi connectivity index (χ4n) is 4.40. The van der Waals surface area contributed by atoms with E-state index in [-0.39, 0.29) is 11.1 Å². The summed E-state index contributed by atoms with van der Waals surface area (Å²) in [5.41, 5.74) is 2.32. The molecule has 3 aromatic carbocycles. The Balaban J connectivity index is 1.90. The van der Waals surface area contributed by atoms with Gasteiger partial charge in [0.15, 0.2) is 8.32 Å². The molecule has 0 unspecified atom stereocenters. The fraction of sp³-hybridized carbons (Fsp3) is 0.444. The van der Waals surface area contributed by atoms with Crippen molar-refractivity contribution in [3.63, 3.8) is 0 Å². The number of rotatable bonds is 18. The van der Waals surface area contributed by atoms with E-state index in [2.05, 4.69) is 74.7 Å². The third-order valence-electron chi connectivity index (χ3n) is 8.26. The summed E-state index contributed by atoms with van der Waals surface area (Å²) in [6.07, 6.45) is 2.37. The number of halogens is 1. The molecule has 0 aliphatic carbocycles. The van der Waals surface area contributed by atoms with Crippen molar-refractivity contribution in [2.75, 3.05) is 27.4 Å². The van der Waals surface area contributed by atoms with Crippen molar-refractivity contribution in [2.24, 2.45) is 0 Å². The van der Waals surface area contributed by atoms with Crippen LogP contribution in [0, 0.1) is 0 Å². The molecule has 240 valence electrons. The Hall–Kier alpha value is -2.21. The molecule has 0 saturated carbocycles. The molecule has 0 spiro atoms. The zero-order valence-electron chi connectivity index (χ0n) is 27.3. The molecule has 6 nitrogen and oxygen atoms in total. The van der Waals surface area contributed by atoms with Gasteiger partial charge in [0.05, 0.1) is 46.8 Å². The standard InChI is InChI=1S/C36H49IO6Si/c1-35(2,3)44(6,7)43-24-21-34(41-26-31-15-19-33(39-5)20-16-31)36(22-23-37,42-27-29-11-9-8-10-12-29)28-40-25-30-13-17-32(38-4)18-14-30/h8-20,22-23,34H,21,24-28H2,1-7H3/b23-22-/t34-,36+/m1/s1. The first-order chi connectivity index (χ1) is 21.0. The first-order valence-corrected chi connectivity index (χ1v) is 19.2. The number of benzene rings is 3. The van der Waals surface area contributed by atoms with E-state index in [4.69, 9.17) is 28.1 Å². The normalized spacial score (nSPS) is 14.4. The van der Waals surface area contributed by atoms with Crippen molar-refractivity contribution in [2.45, 2.75) is 76.8 Å². The zero-order valence-corrected chi connectivity index (χ0v) is 30.5. The molecule has 0 aliphatic rings. The van der Waals surface area contributed by atoms with Crippen LogP contribution >= 0.6 is 22.6 Å². The molecule has 0 aromatic heterocycles. The maximum atomic E-state index is 6.84. The molecule has 3 aromatic rings. The summed E-state index contributed by atoms with van der Waals surface area (Å²) in [4.78, 5) is 0. The quantitative estimate of drug-likeness (QED) is 0.0961. The minimum atomic E-state index is -1.97. The fourth-order valence-corrected chi connectivity index (χ4v) is 6.07. The highest BCUT2D eigenvalue weighted by Crippen LogP contribution is 2.37. The van der Waals surface area contributed by atoms with E-state index < -0.39 is 13.9 Å². The van der Waals surface area contributed by atoms with Crippen LogP contribution in [0.3, 0.4) is 0 Å². The van der Waals surface area contributed by atoms with Crippen molar-refractivity contribution < 1.29 is 28.1 Å². The average Bonchev–Trinajstić information content (AvgIpc) is 3.02. The number of ether oxygens (including phenoxy) is 5. The lowest BCUT2D eigenvalue weighted by atomic mass is 9.94. The topological polar surface area (TPSA) is 55.4 Å². The van der Waals surface area contributed by atoms with Crippen molar-refractivity contribution >= 4 is 30.9 Å². The molecule has 0 amide bonds. The lowest BCUT2D eigenvalue weighted by molar-refractivity contribution is -0.165. The van der Waals surface area contributed by atoms with Crippen molar-refractivity contribution in [3.8, 4) is 11.5 Å². The second kappa shape index (κ2) is 17.5. The summed E-state index contributed by atoms with van der Waals surface area (Å²) < 4.78 is 39.3. The Kier molecular flexibility index (Phi) is 14.4. The Morgan fingerprint density at radius 2 is 1.30 bits per heavy atom. The largest absolute Gasteiger partial charge is 0.497 e. The van der Waals surface area contributed by atoms with Gasteiger partial charge >= 0.3 is 0 Å². The van der Waals surface area contributed by atoms with E-state index in [0.717, 1.165) is 28.2 Å². The van der Waals surface area contributed by atoms with Gasteiger partial charge in [-0.15, -0.1) is 0 Å². The molecule has 8 heteroatoms. The summed E-state index contributed by atoms with van der Waals surface area (Å²) in [6.45, 7) is 13.5. The van der Waals surface area contributed by atoms with Gasteiger partial charge in [-0.2, -0.15) is 0 Å². The van der Waals surface area contributed by atoms with Crippen LogP contribution < -0.4 is 9.47 Å². The minimum Gasteiger partial charge on any atom is -0.497 e. The predicted molar refractivity (Wildman–Crippen MR) is 189 cm³/mol. The minimum absolute atomic E-state index is 0.108. The van der Waals surface area contributed by atoms with E-state index in [9.17, 15) is 0 Å². The van der Waals surface area contributed by atoms with Crippen LogP contribution in [0.4, 0.5) is 0 Å². The Morgan fingerprint density at radius 1 is 0.750 bits per heavy atom. The molecule has 0 radical (unpaired) electrons. The molecular weight excluding hydrogens is 683 g/mol. The summed E-state index contributed by atoms with van der Waals surface area (Å²) >= 11 is 2.26. The molecule has 0 fully saturated rings. The van der Waals surface area contributed by atoms with Crippen LogP contribution in [0.15, 0.2) is 89.0 Å². The Labute approximate surface area is 279 Å². The Bertz CT molecular complexity index is 1260. The number of hydrogen-bond acceptors (Lipinski definition) is 6. The molecular formula is C36H49IO6Si. The number of methoxy groups -OCH3 is 2. The summed E-state index contributed by atoms with van der Waals surface area (Å²) in [5.74, 6) is 1.63.